The number of benzene rings is 2. The normalized spacial score (nSPS) is 15.0. The van der Waals surface area contributed by atoms with Crippen LogP contribution < -0.4 is 21.4 Å². The van der Waals surface area contributed by atoms with E-state index in [2.05, 4.69) is 32.0 Å². The lowest BCUT2D eigenvalue weighted by Gasteiger charge is -2.36. The average Bonchev–Trinajstić information content (AvgIpc) is 2.81. The third kappa shape index (κ3) is 3.72. The number of H-pyrrole nitrogens is 2. The highest BCUT2D eigenvalue weighted by molar-refractivity contribution is 6.31. The fourth-order valence-electron chi connectivity index (χ4n) is 4.27. The van der Waals surface area contributed by atoms with Crippen LogP contribution in [0.2, 0.25) is 5.02 Å². The number of piperazine rings is 1. The molecule has 0 bridgehead atoms. The van der Waals surface area contributed by atoms with Crippen molar-refractivity contribution in [3.05, 3.63) is 84.5 Å². The molecule has 164 valence electrons. The summed E-state index contributed by atoms with van der Waals surface area (Å²) in [5.74, 6) is 0. The molecule has 32 heavy (non-hydrogen) atoms. The molecular weight excluding hydrogens is 430 g/mol. The number of halogens is 1. The van der Waals surface area contributed by atoms with Gasteiger partial charge in [-0.15, -0.1) is 0 Å². The van der Waals surface area contributed by atoms with Gasteiger partial charge in [0, 0.05) is 48.8 Å². The lowest BCUT2D eigenvalue weighted by molar-refractivity contribution is 0.242. The SMILES string of the molecule is O=c1[nH]n(CCN2CCN(c3ccccc3)CC2)c(=O)c2c(=O)c3ccc(Cl)cc3[nH]c12. The van der Waals surface area contributed by atoms with Gasteiger partial charge in [0.25, 0.3) is 11.1 Å². The van der Waals surface area contributed by atoms with Crippen LogP contribution in [0.25, 0.3) is 21.8 Å². The van der Waals surface area contributed by atoms with Crippen molar-refractivity contribution in [1.82, 2.24) is 19.7 Å². The Kier molecular flexibility index (Phi) is 5.32. The smallest absolute Gasteiger partial charge is 0.287 e. The molecule has 1 fully saturated rings. The van der Waals surface area contributed by atoms with E-state index in [0.29, 0.717) is 29.0 Å². The first-order chi connectivity index (χ1) is 15.5. The molecule has 2 aromatic carbocycles. The Bertz CT molecular complexity index is 1470. The summed E-state index contributed by atoms with van der Waals surface area (Å²) in [6.45, 7) is 4.39. The first kappa shape index (κ1) is 20.5. The van der Waals surface area contributed by atoms with Crippen molar-refractivity contribution in [2.24, 2.45) is 0 Å². The van der Waals surface area contributed by atoms with Gasteiger partial charge in [-0.3, -0.25) is 24.4 Å². The van der Waals surface area contributed by atoms with E-state index < -0.39 is 16.5 Å². The third-order valence-electron chi connectivity index (χ3n) is 6.02. The zero-order valence-corrected chi connectivity index (χ0v) is 18.1. The number of para-hydroxylation sites is 1. The predicted molar refractivity (Wildman–Crippen MR) is 127 cm³/mol. The average molecular weight is 452 g/mol. The molecule has 0 saturated carbocycles. The van der Waals surface area contributed by atoms with Gasteiger partial charge in [0.2, 0.25) is 5.43 Å². The summed E-state index contributed by atoms with van der Waals surface area (Å²) in [7, 11) is 0. The Morgan fingerprint density at radius 1 is 0.906 bits per heavy atom. The zero-order valence-electron chi connectivity index (χ0n) is 17.3. The monoisotopic (exact) mass is 451 g/mol. The number of aromatic amines is 2. The molecular formula is C23H22ClN5O3. The van der Waals surface area contributed by atoms with E-state index in [9.17, 15) is 14.4 Å². The standard InChI is InChI=1S/C23H22ClN5O3/c24-15-6-7-17-18(14-15)25-20-19(21(17)30)23(32)29(26-22(20)31)13-10-27-8-11-28(12-9-27)16-4-2-1-3-5-16/h1-7,14H,8-13H2,(H,25,30)(H,26,31). The van der Waals surface area contributed by atoms with Crippen LogP contribution in [0.5, 0.6) is 0 Å². The van der Waals surface area contributed by atoms with E-state index in [0.717, 1.165) is 26.2 Å². The van der Waals surface area contributed by atoms with Crippen LogP contribution in [0, 0.1) is 0 Å². The lowest BCUT2D eigenvalue weighted by atomic mass is 10.1. The van der Waals surface area contributed by atoms with Gasteiger partial charge >= 0.3 is 0 Å². The maximum atomic E-state index is 13.0. The van der Waals surface area contributed by atoms with Crippen LogP contribution in [0.1, 0.15) is 0 Å². The summed E-state index contributed by atoms with van der Waals surface area (Å²) >= 11 is 6.00. The Morgan fingerprint density at radius 2 is 1.66 bits per heavy atom. The van der Waals surface area contributed by atoms with Crippen LogP contribution in [0.3, 0.4) is 0 Å². The van der Waals surface area contributed by atoms with Crippen LogP contribution >= 0.6 is 11.6 Å². The second-order valence-electron chi connectivity index (χ2n) is 7.96. The van der Waals surface area contributed by atoms with E-state index in [1.807, 2.05) is 18.2 Å². The maximum Gasteiger partial charge on any atom is 0.287 e. The molecule has 0 amide bonds. The molecule has 1 aliphatic rings. The fraction of sp³-hybridized carbons (Fsp3) is 0.261. The van der Waals surface area contributed by atoms with Gasteiger partial charge in [-0.1, -0.05) is 29.8 Å². The number of anilines is 1. The summed E-state index contributed by atoms with van der Waals surface area (Å²) < 4.78 is 1.24. The summed E-state index contributed by atoms with van der Waals surface area (Å²) in [6, 6.07) is 15.0. The number of fused-ring (bicyclic) bond motifs is 2. The summed E-state index contributed by atoms with van der Waals surface area (Å²) in [4.78, 5) is 46.1. The lowest BCUT2D eigenvalue weighted by Crippen LogP contribution is -2.48. The van der Waals surface area contributed by atoms with E-state index in [1.165, 1.54) is 10.4 Å². The number of hydrogen-bond donors (Lipinski definition) is 2. The fourth-order valence-corrected chi connectivity index (χ4v) is 4.44. The highest BCUT2D eigenvalue weighted by Crippen LogP contribution is 2.17. The molecule has 9 heteroatoms. The van der Waals surface area contributed by atoms with E-state index in [4.69, 9.17) is 11.6 Å². The third-order valence-corrected chi connectivity index (χ3v) is 6.25. The van der Waals surface area contributed by atoms with Crippen molar-refractivity contribution in [3.8, 4) is 0 Å². The van der Waals surface area contributed by atoms with Gasteiger partial charge in [-0.2, -0.15) is 0 Å². The van der Waals surface area contributed by atoms with Gasteiger partial charge in [0.1, 0.15) is 10.9 Å². The zero-order chi connectivity index (χ0) is 22.2. The number of nitrogens with one attached hydrogen (secondary N) is 2. The van der Waals surface area contributed by atoms with Crippen molar-refractivity contribution in [2.75, 3.05) is 37.6 Å². The molecule has 1 aliphatic heterocycles. The maximum absolute atomic E-state index is 13.0. The Hall–Kier alpha value is -3.36. The molecule has 0 atom stereocenters. The largest absolute Gasteiger partial charge is 0.369 e. The van der Waals surface area contributed by atoms with Crippen LogP contribution in [-0.2, 0) is 6.54 Å². The topological polar surface area (TPSA) is 94.2 Å². The highest BCUT2D eigenvalue weighted by atomic mass is 35.5. The van der Waals surface area contributed by atoms with Gasteiger partial charge in [-0.05, 0) is 30.3 Å². The molecule has 3 heterocycles. The number of hydrogen-bond acceptors (Lipinski definition) is 5. The number of pyridine rings is 1. The summed E-state index contributed by atoms with van der Waals surface area (Å²) in [5, 5.41) is 3.24. The molecule has 2 aromatic heterocycles. The van der Waals surface area contributed by atoms with Crippen molar-refractivity contribution in [2.45, 2.75) is 6.54 Å². The summed E-state index contributed by atoms with van der Waals surface area (Å²) in [6.07, 6.45) is 0. The Labute approximate surface area is 187 Å². The van der Waals surface area contributed by atoms with Gasteiger partial charge in [0.15, 0.2) is 0 Å². The molecule has 5 rings (SSSR count). The first-order valence-electron chi connectivity index (χ1n) is 10.5. The molecule has 4 aromatic rings. The Balaban J connectivity index is 1.38. The molecule has 0 aliphatic carbocycles. The minimum Gasteiger partial charge on any atom is -0.369 e. The minimum absolute atomic E-state index is 0.0255. The molecule has 2 N–H and O–H groups in total. The highest BCUT2D eigenvalue weighted by Gasteiger charge is 2.18. The van der Waals surface area contributed by atoms with Gasteiger partial charge in [-0.25, -0.2) is 4.68 Å². The second kappa shape index (κ2) is 8.29. The first-order valence-corrected chi connectivity index (χ1v) is 10.9. The van der Waals surface area contributed by atoms with E-state index >= 15 is 0 Å². The second-order valence-corrected chi connectivity index (χ2v) is 8.39. The minimum atomic E-state index is -0.507. The number of nitrogens with zero attached hydrogens (tertiary/aromatic N) is 3. The van der Waals surface area contributed by atoms with Gasteiger partial charge in [0.05, 0.1) is 12.1 Å². The Morgan fingerprint density at radius 3 is 2.41 bits per heavy atom. The summed E-state index contributed by atoms with van der Waals surface area (Å²) in [5.41, 5.74) is 0.131. The molecule has 0 radical (unpaired) electrons. The van der Waals surface area contributed by atoms with Crippen molar-refractivity contribution in [1.29, 1.82) is 0 Å². The van der Waals surface area contributed by atoms with Crippen molar-refractivity contribution in [3.63, 3.8) is 0 Å². The van der Waals surface area contributed by atoms with Crippen LogP contribution in [0.15, 0.2) is 62.9 Å². The molecule has 1 saturated heterocycles. The van der Waals surface area contributed by atoms with E-state index in [-0.39, 0.29) is 10.9 Å². The van der Waals surface area contributed by atoms with Crippen molar-refractivity contribution < 1.29 is 0 Å². The quantitative estimate of drug-likeness (QED) is 0.463. The molecule has 8 nitrogen and oxygen atoms in total. The van der Waals surface area contributed by atoms with Crippen molar-refractivity contribution >= 4 is 39.1 Å². The predicted octanol–water partition coefficient (Wildman–Crippen LogP) is 2.01. The van der Waals surface area contributed by atoms with Crippen LogP contribution in [0.4, 0.5) is 5.69 Å². The molecule has 0 unspecified atom stereocenters. The number of rotatable bonds is 4. The molecule has 0 spiro atoms. The van der Waals surface area contributed by atoms with Crippen LogP contribution in [-0.4, -0.2) is 52.4 Å². The number of aromatic nitrogens is 3. The van der Waals surface area contributed by atoms with E-state index in [1.54, 1.807) is 18.2 Å². The van der Waals surface area contributed by atoms with Gasteiger partial charge < -0.3 is 9.88 Å².